The van der Waals surface area contributed by atoms with Crippen LogP contribution < -0.4 is 10.5 Å². The van der Waals surface area contributed by atoms with Gasteiger partial charge in [-0.05, 0) is 35.9 Å². The Morgan fingerprint density at radius 2 is 1.90 bits per heavy atom. The Bertz CT molecular complexity index is 686. The second-order valence-electron chi connectivity index (χ2n) is 4.22. The van der Waals surface area contributed by atoms with Crippen molar-refractivity contribution in [1.29, 1.82) is 0 Å². The zero-order valence-electron chi connectivity index (χ0n) is 10.8. The van der Waals surface area contributed by atoms with E-state index in [1.807, 2.05) is 0 Å². The summed E-state index contributed by atoms with van der Waals surface area (Å²) in [5.74, 6) is -0.332. The predicted molar refractivity (Wildman–Crippen MR) is 77.4 cm³/mol. The highest BCUT2D eigenvalue weighted by Crippen LogP contribution is 2.23. The van der Waals surface area contributed by atoms with Crippen LogP contribution in [0.2, 0.25) is 5.02 Å². The lowest BCUT2D eigenvalue weighted by molar-refractivity contribution is -0.384. The summed E-state index contributed by atoms with van der Waals surface area (Å²) in [7, 11) is 0. The number of hydrogen-bond acceptors (Lipinski definition) is 4. The largest absolute Gasteiger partial charge is 0.488 e. The van der Waals surface area contributed by atoms with Crippen LogP contribution in [-0.2, 0) is 6.61 Å². The second-order valence-corrected chi connectivity index (χ2v) is 4.65. The van der Waals surface area contributed by atoms with Gasteiger partial charge in [-0.2, -0.15) is 0 Å². The molecule has 0 aliphatic heterocycles. The second kappa shape index (κ2) is 6.23. The van der Waals surface area contributed by atoms with E-state index < -0.39 is 10.8 Å². The number of nitrogens with zero attached hydrogens (tertiary/aromatic N) is 1. The molecule has 2 aromatic rings. The highest BCUT2D eigenvalue weighted by molar-refractivity contribution is 6.31. The number of benzene rings is 2. The van der Waals surface area contributed by atoms with Crippen LogP contribution in [0.5, 0.6) is 5.75 Å². The van der Waals surface area contributed by atoms with Gasteiger partial charge in [-0.1, -0.05) is 11.6 Å². The van der Waals surface area contributed by atoms with Crippen LogP contribution in [0.15, 0.2) is 42.5 Å². The Balaban J connectivity index is 2.13. The summed E-state index contributed by atoms with van der Waals surface area (Å²) in [6.45, 7) is 0.153. The minimum atomic E-state index is -0.642. The van der Waals surface area contributed by atoms with E-state index >= 15 is 0 Å². The first kappa shape index (κ1) is 14.8. The molecule has 2 aromatic carbocycles. The van der Waals surface area contributed by atoms with Crippen molar-refractivity contribution in [1.82, 2.24) is 0 Å². The average Bonchev–Trinajstić information content (AvgIpc) is 2.46. The van der Waals surface area contributed by atoms with Gasteiger partial charge in [0.25, 0.3) is 11.6 Å². The van der Waals surface area contributed by atoms with E-state index in [0.717, 1.165) is 5.56 Å². The summed E-state index contributed by atoms with van der Waals surface area (Å²) in [5.41, 5.74) is 6.17. The topological polar surface area (TPSA) is 95.5 Å². The Kier molecular flexibility index (Phi) is 4.39. The van der Waals surface area contributed by atoms with Gasteiger partial charge in [0.15, 0.2) is 0 Å². The minimum Gasteiger partial charge on any atom is -0.488 e. The van der Waals surface area contributed by atoms with Crippen LogP contribution in [0.1, 0.15) is 15.9 Å². The number of carbonyl (C=O) groups is 1. The maximum Gasteiger partial charge on any atom is 0.269 e. The van der Waals surface area contributed by atoms with Gasteiger partial charge in [0, 0.05) is 17.2 Å². The minimum absolute atomic E-state index is 0.00284. The van der Waals surface area contributed by atoms with E-state index in [1.54, 1.807) is 24.3 Å². The van der Waals surface area contributed by atoms with Gasteiger partial charge >= 0.3 is 0 Å². The van der Waals surface area contributed by atoms with Crippen LogP contribution in [0.25, 0.3) is 0 Å². The van der Waals surface area contributed by atoms with Crippen LogP contribution in [0, 0.1) is 10.1 Å². The number of non-ortho nitro benzene ring substituents is 1. The van der Waals surface area contributed by atoms with Crippen molar-refractivity contribution in [3.8, 4) is 5.75 Å². The molecule has 0 aromatic heterocycles. The van der Waals surface area contributed by atoms with Gasteiger partial charge in [0.1, 0.15) is 12.4 Å². The number of halogens is 1. The highest BCUT2D eigenvalue weighted by Gasteiger charge is 2.11. The van der Waals surface area contributed by atoms with Crippen molar-refractivity contribution in [3.63, 3.8) is 0 Å². The molecule has 0 aliphatic rings. The quantitative estimate of drug-likeness (QED) is 0.678. The molecular formula is C14H11ClN2O4. The van der Waals surface area contributed by atoms with E-state index in [4.69, 9.17) is 22.1 Å². The predicted octanol–water partition coefficient (Wildman–Crippen LogP) is 2.93. The number of hydrogen-bond donors (Lipinski definition) is 1. The van der Waals surface area contributed by atoms with Crippen molar-refractivity contribution < 1.29 is 14.5 Å². The molecule has 0 radical (unpaired) electrons. The average molecular weight is 307 g/mol. The third-order valence-electron chi connectivity index (χ3n) is 2.75. The van der Waals surface area contributed by atoms with E-state index in [9.17, 15) is 14.9 Å². The molecule has 0 atom stereocenters. The first-order chi connectivity index (χ1) is 9.97. The Morgan fingerprint density at radius 3 is 2.48 bits per heavy atom. The number of ether oxygens (including phenoxy) is 1. The smallest absolute Gasteiger partial charge is 0.269 e. The van der Waals surface area contributed by atoms with E-state index in [0.29, 0.717) is 10.8 Å². The third kappa shape index (κ3) is 3.70. The van der Waals surface area contributed by atoms with Crippen molar-refractivity contribution in [2.24, 2.45) is 5.73 Å². The molecule has 0 aliphatic carbocycles. The summed E-state index contributed by atoms with van der Waals surface area (Å²) in [4.78, 5) is 21.4. The molecule has 0 heterocycles. The molecule has 7 heteroatoms. The van der Waals surface area contributed by atoms with Gasteiger partial charge in [-0.3, -0.25) is 14.9 Å². The lowest BCUT2D eigenvalue weighted by Gasteiger charge is -2.10. The van der Waals surface area contributed by atoms with Gasteiger partial charge in [-0.25, -0.2) is 0 Å². The summed E-state index contributed by atoms with van der Waals surface area (Å²) in [5, 5.41) is 10.9. The van der Waals surface area contributed by atoms with Crippen molar-refractivity contribution in [3.05, 3.63) is 68.7 Å². The van der Waals surface area contributed by atoms with Gasteiger partial charge in [-0.15, -0.1) is 0 Å². The van der Waals surface area contributed by atoms with E-state index in [1.165, 1.54) is 18.2 Å². The summed E-state index contributed by atoms with van der Waals surface area (Å²) >= 11 is 5.80. The molecule has 2 N–H and O–H groups in total. The zero-order valence-corrected chi connectivity index (χ0v) is 11.5. The van der Waals surface area contributed by atoms with E-state index in [-0.39, 0.29) is 17.9 Å². The first-order valence-corrected chi connectivity index (χ1v) is 6.30. The number of rotatable bonds is 5. The van der Waals surface area contributed by atoms with Crippen LogP contribution in [-0.4, -0.2) is 10.8 Å². The fourth-order valence-corrected chi connectivity index (χ4v) is 1.87. The SMILES string of the molecule is NC(=O)c1cc(Cl)ccc1OCc1ccc([N+](=O)[O-])cc1. The maximum absolute atomic E-state index is 11.3. The molecule has 0 spiro atoms. The fourth-order valence-electron chi connectivity index (χ4n) is 1.70. The number of carbonyl (C=O) groups excluding carboxylic acids is 1. The number of nitrogens with two attached hydrogens (primary N) is 1. The summed E-state index contributed by atoms with van der Waals surface area (Å²) in [6.07, 6.45) is 0. The molecule has 0 fully saturated rings. The lowest BCUT2D eigenvalue weighted by Crippen LogP contribution is -2.13. The Hall–Kier alpha value is -2.60. The molecule has 0 bridgehead atoms. The first-order valence-electron chi connectivity index (χ1n) is 5.93. The maximum atomic E-state index is 11.3. The molecule has 108 valence electrons. The molecule has 21 heavy (non-hydrogen) atoms. The molecule has 0 saturated carbocycles. The van der Waals surface area contributed by atoms with Crippen molar-refractivity contribution in [2.75, 3.05) is 0 Å². The van der Waals surface area contributed by atoms with Crippen molar-refractivity contribution >= 4 is 23.2 Å². The number of primary amides is 1. The lowest BCUT2D eigenvalue weighted by atomic mass is 10.2. The number of nitro groups is 1. The summed E-state index contributed by atoms with van der Waals surface area (Å²) in [6, 6.07) is 10.5. The number of amides is 1. The summed E-state index contributed by atoms with van der Waals surface area (Å²) < 4.78 is 5.51. The zero-order chi connectivity index (χ0) is 15.4. The molecule has 0 unspecified atom stereocenters. The molecule has 0 saturated heterocycles. The Morgan fingerprint density at radius 1 is 1.24 bits per heavy atom. The van der Waals surface area contributed by atoms with Gasteiger partial charge in [0.2, 0.25) is 0 Å². The molecular weight excluding hydrogens is 296 g/mol. The molecule has 1 amide bonds. The van der Waals surface area contributed by atoms with Crippen LogP contribution >= 0.6 is 11.6 Å². The monoisotopic (exact) mass is 306 g/mol. The number of nitro benzene ring substituents is 1. The molecule has 6 nitrogen and oxygen atoms in total. The van der Waals surface area contributed by atoms with Crippen LogP contribution in [0.4, 0.5) is 5.69 Å². The van der Waals surface area contributed by atoms with Crippen LogP contribution in [0.3, 0.4) is 0 Å². The normalized spacial score (nSPS) is 10.1. The van der Waals surface area contributed by atoms with Gasteiger partial charge in [0.05, 0.1) is 10.5 Å². The van der Waals surface area contributed by atoms with E-state index in [2.05, 4.69) is 0 Å². The molecule has 2 rings (SSSR count). The van der Waals surface area contributed by atoms with Crippen molar-refractivity contribution in [2.45, 2.75) is 6.61 Å². The highest BCUT2D eigenvalue weighted by atomic mass is 35.5. The Labute approximate surface area is 125 Å². The standard InChI is InChI=1S/C14H11ClN2O4/c15-10-3-6-13(12(7-10)14(16)18)21-8-9-1-4-11(5-2-9)17(19)20/h1-7H,8H2,(H2,16,18). The fraction of sp³-hybridized carbons (Fsp3) is 0.0714. The third-order valence-corrected chi connectivity index (χ3v) is 2.98. The van der Waals surface area contributed by atoms with Gasteiger partial charge < -0.3 is 10.5 Å².